The van der Waals surface area contributed by atoms with Crippen LogP contribution in [0.15, 0.2) is 48.5 Å². The minimum Gasteiger partial charge on any atom is -0.433 e. The van der Waals surface area contributed by atoms with Crippen LogP contribution < -0.4 is 0 Å². The van der Waals surface area contributed by atoms with E-state index in [9.17, 15) is 9.90 Å². The molecule has 4 rings (SSSR count). The van der Waals surface area contributed by atoms with Crippen LogP contribution in [-0.2, 0) is 14.2 Å². The zero-order valence-corrected chi connectivity index (χ0v) is 17.1. The van der Waals surface area contributed by atoms with E-state index < -0.39 is 18.5 Å². The molecule has 29 heavy (non-hydrogen) atoms. The molecule has 154 valence electrons. The summed E-state index contributed by atoms with van der Waals surface area (Å²) in [4.78, 5) is 12.4. The maximum Gasteiger partial charge on any atom is 0.508 e. The van der Waals surface area contributed by atoms with Crippen LogP contribution in [0.3, 0.4) is 0 Å². The van der Waals surface area contributed by atoms with E-state index in [4.69, 9.17) is 14.2 Å². The first-order chi connectivity index (χ1) is 14.0. The number of ether oxygens (including phenoxy) is 3. The van der Waals surface area contributed by atoms with Gasteiger partial charge in [-0.2, -0.15) is 0 Å². The highest BCUT2D eigenvalue weighted by atomic mass is 16.7. The maximum atomic E-state index is 12.4. The Balaban J connectivity index is 1.43. The lowest BCUT2D eigenvalue weighted by Crippen LogP contribution is -2.50. The molecule has 0 spiro atoms. The van der Waals surface area contributed by atoms with E-state index >= 15 is 0 Å². The van der Waals surface area contributed by atoms with Gasteiger partial charge in [-0.05, 0) is 34.6 Å². The summed E-state index contributed by atoms with van der Waals surface area (Å²) in [5.74, 6) is 0.127. The van der Waals surface area contributed by atoms with E-state index in [1.54, 1.807) is 0 Å². The van der Waals surface area contributed by atoms with E-state index in [0.717, 1.165) is 17.5 Å². The third-order valence-electron chi connectivity index (χ3n) is 6.49. The lowest BCUT2D eigenvalue weighted by Gasteiger charge is -2.41. The van der Waals surface area contributed by atoms with E-state index in [2.05, 4.69) is 31.2 Å². The number of hydrogen-bond donors (Lipinski definition) is 1. The smallest absolute Gasteiger partial charge is 0.433 e. The van der Waals surface area contributed by atoms with Gasteiger partial charge in [0.25, 0.3) is 0 Å². The summed E-state index contributed by atoms with van der Waals surface area (Å²) in [7, 11) is 0. The van der Waals surface area contributed by atoms with Crippen LogP contribution in [0.25, 0.3) is 11.1 Å². The molecule has 2 aliphatic rings. The number of fused-ring (bicyclic) bond motifs is 3. The Hall–Kier alpha value is -2.37. The number of aliphatic hydroxyl groups is 1. The van der Waals surface area contributed by atoms with E-state index in [1.165, 1.54) is 11.1 Å². The first kappa shape index (κ1) is 19.9. The Kier molecular flexibility index (Phi) is 5.61. The van der Waals surface area contributed by atoms with Gasteiger partial charge in [0, 0.05) is 11.8 Å². The summed E-state index contributed by atoms with van der Waals surface area (Å²) in [6.45, 7) is 6.24. The van der Waals surface area contributed by atoms with Gasteiger partial charge in [0.2, 0.25) is 0 Å². The standard InChI is InChI=1S/C24H28O5/c1-4-21-14(2)15(3)22(23(25)28-21)29-24(26)27-13-20-18-11-7-5-9-16(18)17-10-6-8-12-19(17)20/h5-12,14-15,20-23,25H,4,13H2,1-3H3/t14-,15-,21?,22?,23?/m0/s1. The third kappa shape index (κ3) is 3.65. The van der Waals surface area contributed by atoms with Gasteiger partial charge < -0.3 is 19.3 Å². The number of hydrogen-bond acceptors (Lipinski definition) is 5. The van der Waals surface area contributed by atoms with Crippen LogP contribution in [-0.4, -0.2) is 36.4 Å². The van der Waals surface area contributed by atoms with Crippen molar-refractivity contribution in [2.45, 2.75) is 51.6 Å². The molecule has 3 unspecified atom stereocenters. The molecule has 2 aromatic rings. The number of aliphatic hydroxyl groups excluding tert-OH is 1. The van der Waals surface area contributed by atoms with Crippen molar-refractivity contribution in [1.29, 1.82) is 0 Å². The highest BCUT2D eigenvalue weighted by molar-refractivity contribution is 5.78. The minimum atomic E-state index is -1.13. The number of benzene rings is 2. The molecule has 0 radical (unpaired) electrons. The van der Waals surface area contributed by atoms with E-state index in [0.29, 0.717) is 0 Å². The van der Waals surface area contributed by atoms with Crippen molar-refractivity contribution < 1.29 is 24.1 Å². The van der Waals surface area contributed by atoms with Crippen LogP contribution in [0.1, 0.15) is 44.2 Å². The van der Waals surface area contributed by atoms with Crippen molar-refractivity contribution in [3.63, 3.8) is 0 Å². The first-order valence-electron chi connectivity index (χ1n) is 10.4. The normalized spacial score (nSPS) is 28.5. The Morgan fingerprint density at radius 3 is 2.17 bits per heavy atom. The van der Waals surface area contributed by atoms with Crippen molar-refractivity contribution in [2.24, 2.45) is 11.8 Å². The molecule has 2 aromatic carbocycles. The number of rotatable bonds is 4. The molecule has 1 heterocycles. The van der Waals surface area contributed by atoms with Crippen LogP contribution in [0.2, 0.25) is 0 Å². The predicted octanol–water partition coefficient (Wildman–Crippen LogP) is 4.72. The molecule has 5 nitrogen and oxygen atoms in total. The van der Waals surface area contributed by atoms with Crippen molar-refractivity contribution in [2.75, 3.05) is 6.61 Å². The SMILES string of the molecule is CCC1OC(O)C(OC(=O)OCC2c3ccccc3-c3ccccc32)[C@@H](C)[C@@H]1C. The Labute approximate surface area is 171 Å². The van der Waals surface area contributed by atoms with Crippen LogP contribution in [0.5, 0.6) is 0 Å². The summed E-state index contributed by atoms with van der Waals surface area (Å²) in [6.07, 6.45) is -1.87. The molecule has 1 aliphatic heterocycles. The number of carbonyl (C=O) groups excluding carboxylic acids is 1. The highest BCUT2D eigenvalue weighted by Crippen LogP contribution is 2.44. The fourth-order valence-electron chi connectivity index (χ4n) is 4.65. The van der Waals surface area contributed by atoms with Gasteiger partial charge in [-0.3, -0.25) is 0 Å². The summed E-state index contributed by atoms with van der Waals surface area (Å²) in [5.41, 5.74) is 4.65. The third-order valence-corrected chi connectivity index (χ3v) is 6.49. The quantitative estimate of drug-likeness (QED) is 0.758. The largest absolute Gasteiger partial charge is 0.508 e. The number of carbonyl (C=O) groups is 1. The summed E-state index contributed by atoms with van der Waals surface area (Å²) in [6, 6.07) is 16.4. The van der Waals surface area contributed by atoms with Gasteiger partial charge in [-0.1, -0.05) is 69.3 Å². The molecule has 1 fully saturated rings. The van der Waals surface area contributed by atoms with Crippen LogP contribution in [0, 0.1) is 11.8 Å². The Morgan fingerprint density at radius 2 is 1.59 bits per heavy atom. The molecule has 0 aromatic heterocycles. The zero-order valence-electron chi connectivity index (χ0n) is 17.1. The van der Waals surface area contributed by atoms with Crippen LogP contribution >= 0.6 is 0 Å². The van der Waals surface area contributed by atoms with E-state index in [-0.39, 0.29) is 30.5 Å². The summed E-state index contributed by atoms with van der Waals surface area (Å²) in [5, 5.41) is 10.3. The molecule has 1 aliphatic carbocycles. The van der Waals surface area contributed by atoms with Crippen LogP contribution in [0.4, 0.5) is 4.79 Å². The summed E-state index contributed by atoms with van der Waals surface area (Å²) < 4.78 is 16.6. The van der Waals surface area contributed by atoms with Gasteiger partial charge in [0.05, 0.1) is 6.10 Å². The van der Waals surface area contributed by atoms with Crippen molar-refractivity contribution in [3.05, 3.63) is 59.7 Å². The molecular formula is C24H28O5. The summed E-state index contributed by atoms with van der Waals surface area (Å²) >= 11 is 0. The zero-order chi connectivity index (χ0) is 20.5. The van der Waals surface area contributed by atoms with Crippen molar-refractivity contribution in [1.82, 2.24) is 0 Å². The molecule has 1 N–H and O–H groups in total. The van der Waals surface area contributed by atoms with Crippen molar-refractivity contribution >= 4 is 6.16 Å². The monoisotopic (exact) mass is 396 g/mol. The fourth-order valence-corrected chi connectivity index (χ4v) is 4.65. The second-order valence-electron chi connectivity index (χ2n) is 8.06. The molecule has 5 heteroatoms. The predicted molar refractivity (Wildman–Crippen MR) is 109 cm³/mol. The topological polar surface area (TPSA) is 65.0 Å². The molecular weight excluding hydrogens is 368 g/mol. The fraction of sp³-hybridized carbons (Fsp3) is 0.458. The average Bonchev–Trinajstić information content (AvgIpc) is 3.06. The van der Waals surface area contributed by atoms with Gasteiger partial charge in [0.15, 0.2) is 12.4 Å². The van der Waals surface area contributed by atoms with Gasteiger partial charge in [-0.15, -0.1) is 0 Å². The van der Waals surface area contributed by atoms with E-state index in [1.807, 2.05) is 38.1 Å². The molecule has 0 saturated carbocycles. The lowest BCUT2D eigenvalue weighted by atomic mass is 9.82. The van der Waals surface area contributed by atoms with Crippen molar-refractivity contribution in [3.8, 4) is 11.1 Å². The molecule has 1 saturated heterocycles. The second kappa shape index (κ2) is 8.17. The average molecular weight is 396 g/mol. The Bertz CT molecular complexity index is 834. The maximum absolute atomic E-state index is 12.4. The molecule has 0 amide bonds. The highest BCUT2D eigenvalue weighted by Gasteiger charge is 2.42. The van der Waals surface area contributed by atoms with Gasteiger partial charge >= 0.3 is 6.16 Å². The van der Waals surface area contributed by atoms with Gasteiger partial charge in [-0.25, -0.2) is 4.79 Å². The molecule has 5 atom stereocenters. The van der Waals surface area contributed by atoms with Gasteiger partial charge in [0.1, 0.15) is 6.61 Å². The molecule has 0 bridgehead atoms. The first-order valence-corrected chi connectivity index (χ1v) is 10.4. The Morgan fingerprint density at radius 1 is 1.00 bits per heavy atom. The lowest BCUT2D eigenvalue weighted by molar-refractivity contribution is -0.252. The second-order valence-corrected chi connectivity index (χ2v) is 8.06. The minimum absolute atomic E-state index is 0.0239.